The third kappa shape index (κ3) is 3.95. The zero-order valence-electron chi connectivity index (χ0n) is 15.1. The lowest BCUT2D eigenvalue weighted by atomic mass is 9.99. The minimum atomic E-state index is -0.900. The fourth-order valence-electron chi connectivity index (χ4n) is 3.26. The van der Waals surface area contributed by atoms with Crippen LogP contribution in [-0.2, 0) is 5.41 Å². The summed E-state index contributed by atoms with van der Waals surface area (Å²) in [6.07, 6.45) is 6.40. The number of halogens is 4. The van der Waals surface area contributed by atoms with Crippen LogP contribution in [0.15, 0.2) is 48.9 Å². The molecule has 1 aromatic carbocycles. The van der Waals surface area contributed by atoms with Gasteiger partial charge in [0.05, 0.1) is 15.7 Å². The van der Waals surface area contributed by atoms with Crippen molar-refractivity contribution in [3.05, 3.63) is 81.9 Å². The molecule has 4 rings (SSSR count). The molecule has 4 nitrogen and oxygen atoms in total. The van der Waals surface area contributed by atoms with Crippen molar-refractivity contribution in [3.8, 4) is 11.1 Å². The number of hydrogen-bond donors (Lipinski definition) is 1. The smallest absolute Gasteiger partial charge is 0.257 e. The molecule has 29 heavy (non-hydrogen) atoms. The minimum Gasteiger partial charge on any atom is -0.351 e. The Kier molecular flexibility index (Phi) is 5.23. The number of nitrogens with zero attached hydrogens (tertiary/aromatic N) is 2. The predicted octanol–water partition coefficient (Wildman–Crippen LogP) is 5.19. The molecule has 0 saturated heterocycles. The summed E-state index contributed by atoms with van der Waals surface area (Å²) in [6.45, 7) is 0.185. The van der Waals surface area contributed by atoms with E-state index in [1.54, 1.807) is 24.5 Å². The Morgan fingerprint density at radius 3 is 2.38 bits per heavy atom. The van der Waals surface area contributed by atoms with Crippen LogP contribution in [0.4, 0.5) is 8.78 Å². The van der Waals surface area contributed by atoms with E-state index in [1.165, 1.54) is 12.3 Å². The Morgan fingerprint density at radius 2 is 1.76 bits per heavy atom. The van der Waals surface area contributed by atoms with Gasteiger partial charge in [-0.2, -0.15) is 0 Å². The number of aromatic nitrogens is 2. The van der Waals surface area contributed by atoms with Crippen LogP contribution >= 0.6 is 23.2 Å². The molecular formula is C21H15Cl2F2N3O. The summed E-state index contributed by atoms with van der Waals surface area (Å²) in [4.78, 5) is 20.8. The Balaban J connectivity index is 1.53. The lowest BCUT2D eigenvalue weighted by molar-refractivity contribution is 0.0941. The highest BCUT2D eigenvalue weighted by Gasteiger charge is 2.47. The van der Waals surface area contributed by atoms with Crippen molar-refractivity contribution in [3.63, 3.8) is 0 Å². The highest BCUT2D eigenvalue weighted by atomic mass is 35.5. The quantitative estimate of drug-likeness (QED) is 0.602. The number of rotatable bonds is 5. The van der Waals surface area contributed by atoms with Crippen molar-refractivity contribution in [2.75, 3.05) is 6.54 Å². The molecule has 0 bridgehead atoms. The predicted molar refractivity (Wildman–Crippen MR) is 107 cm³/mol. The van der Waals surface area contributed by atoms with Crippen LogP contribution in [0, 0.1) is 11.6 Å². The highest BCUT2D eigenvalue weighted by Crippen LogP contribution is 2.49. The van der Waals surface area contributed by atoms with E-state index in [-0.39, 0.29) is 6.54 Å². The Morgan fingerprint density at radius 1 is 1.07 bits per heavy atom. The van der Waals surface area contributed by atoms with Gasteiger partial charge in [0.1, 0.15) is 17.2 Å². The SMILES string of the molecule is O=C(NCC1(c2ncc(-c3cncc(Cl)c3)cc2Cl)CC1)c1c(F)cccc1F. The molecule has 0 atom stereocenters. The first-order chi connectivity index (χ1) is 13.9. The summed E-state index contributed by atoms with van der Waals surface area (Å²) in [5, 5.41) is 3.57. The average molecular weight is 434 g/mol. The number of pyridine rings is 2. The van der Waals surface area contributed by atoms with Crippen LogP contribution in [0.3, 0.4) is 0 Å². The van der Waals surface area contributed by atoms with Gasteiger partial charge in [0, 0.05) is 41.7 Å². The normalized spacial score (nSPS) is 14.5. The largest absolute Gasteiger partial charge is 0.351 e. The molecule has 1 amide bonds. The fourth-order valence-corrected chi connectivity index (χ4v) is 3.80. The summed E-state index contributed by atoms with van der Waals surface area (Å²) in [5.41, 5.74) is 1.16. The van der Waals surface area contributed by atoms with Gasteiger partial charge in [0.2, 0.25) is 0 Å². The Hall–Kier alpha value is -2.57. The molecule has 1 fully saturated rings. The number of hydrogen-bond acceptors (Lipinski definition) is 3. The lowest BCUT2D eigenvalue weighted by Gasteiger charge is -2.18. The maximum atomic E-state index is 13.8. The molecule has 2 heterocycles. The van der Waals surface area contributed by atoms with Crippen molar-refractivity contribution in [2.45, 2.75) is 18.3 Å². The second-order valence-electron chi connectivity index (χ2n) is 7.01. The molecule has 0 spiro atoms. The molecule has 0 aliphatic heterocycles. The van der Waals surface area contributed by atoms with Gasteiger partial charge >= 0.3 is 0 Å². The summed E-state index contributed by atoms with van der Waals surface area (Å²) in [5.74, 6) is -2.60. The third-order valence-electron chi connectivity index (χ3n) is 5.01. The van der Waals surface area contributed by atoms with Gasteiger partial charge in [-0.3, -0.25) is 14.8 Å². The first-order valence-electron chi connectivity index (χ1n) is 8.89. The monoisotopic (exact) mass is 433 g/mol. The number of benzene rings is 1. The molecule has 148 valence electrons. The second-order valence-corrected chi connectivity index (χ2v) is 7.85. The molecule has 1 aliphatic carbocycles. The zero-order chi connectivity index (χ0) is 20.6. The molecule has 3 aromatic rings. The lowest BCUT2D eigenvalue weighted by Crippen LogP contribution is -2.34. The second kappa shape index (κ2) is 7.69. The Labute approximate surface area is 175 Å². The first-order valence-corrected chi connectivity index (χ1v) is 9.64. The topological polar surface area (TPSA) is 54.9 Å². The van der Waals surface area contributed by atoms with E-state index < -0.39 is 28.5 Å². The van der Waals surface area contributed by atoms with Crippen molar-refractivity contribution >= 4 is 29.1 Å². The van der Waals surface area contributed by atoms with E-state index in [9.17, 15) is 13.6 Å². The van der Waals surface area contributed by atoms with Crippen LogP contribution in [0.5, 0.6) is 0 Å². The molecule has 8 heteroatoms. The van der Waals surface area contributed by atoms with Crippen molar-refractivity contribution in [1.82, 2.24) is 15.3 Å². The number of nitrogens with one attached hydrogen (secondary N) is 1. The van der Waals surface area contributed by atoms with Gasteiger partial charge in [0.25, 0.3) is 5.91 Å². The standard InChI is InChI=1S/C21H15Cl2F2N3O/c22-14-6-12(8-26-10-14)13-7-15(23)19(27-9-13)21(4-5-21)11-28-20(29)18-16(24)2-1-3-17(18)25/h1-3,6-10H,4-5,11H2,(H,28,29). The van der Waals surface area contributed by atoms with Crippen molar-refractivity contribution < 1.29 is 13.6 Å². The van der Waals surface area contributed by atoms with Gasteiger partial charge in [0.15, 0.2) is 0 Å². The highest BCUT2D eigenvalue weighted by molar-refractivity contribution is 6.32. The Bertz CT molecular complexity index is 1080. The molecule has 1 N–H and O–H groups in total. The zero-order valence-corrected chi connectivity index (χ0v) is 16.6. The van der Waals surface area contributed by atoms with Gasteiger partial charge in [-0.25, -0.2) is 8.78 Å². The van der Waals surface area contributed by atoms with Crippen LogP contribution < -0.4 is 5.32 Å². The van der Waals surface area contributed by atoms with Gasteiger partial charge < -0.3 is 5.32 Å². The molecule has 0 radical (unpaired) electrons. The van der Waals surface area contributed by atoms with Gasteiger partial charge in [-0.05, 0) is 37.1 Å². The average Bonchev–Trinajstić information content (AvgIpc) is 3.47. The number of carbonyl (C=O) groups is 1. The van der Waals surface area contributed by atoms with Crippen molar-refractivity contribution in [1.29, 1.82) is 0 Å². The minimum absolute atomic E-state index is 0.185. The molecular weight excluding hydrogens is 419 g/mol. The molecule has 1 saturated carbocycles. The van der Waals surface area contributed by atoms with E-state index >= 15 is 0 Å². The van der Waals surface area contributed by atoms with Crippen LogP contribution in [0.1, 0.15) is 28.9 Å². The number of amides is 1. The van der Waals surface area contributed by atoms with Crippen LogP contribution in [0.2, 0.25) is 10.0 Å². The summed E-state index contributed by atoms with van der Waals surface area (Å²) < 4.78 is 27.6. The molecule has 1 aliphatic rings. The van der Waals surface area contributed by atoms with Crippen LogP contribution in [-0.4, -0.2) is 22.4 Å². The summed E-state index contributed by atoms with van der Waals surface area (Å²) in [6, 6.07) is 6.84. The van der Waals surface area contributed by atoms with Gasteiger partial charge in [-0.1, -0.05) is 29.3 Å². The summed E-state index contributed by atoms with van der Waals surface area (Å²) in [7, 11) is 0. The maximum absolute atomic E-state index is 13.8. The maximum Gasteiger partial charge on any atom is 0.257 e. The molecule has 0 unspecified atom stereocenters. The third-order valence-corrected chi connectivity index (χ3v) is 5.51. The fraction of sp³-hybridized carbons (Fsp3) is 0.190. The van der Waals surface area contributed by atoms with E-state index in [0.29, 0.717) is 15.7 Å². The first kappa shape index (κ1) is 19.7. The van der Waals surface area contributed by atoms with E-state index in [2.05, 4.69) is 15.3 Å². The van der Waals surface area contributed by atoms with Crippen molar-refractivity contribution in [2.24, 2.45) is 0 Å². The summed E-state index contributed by atoms with van der Waals surface area (Å²) >= 11 is 12.5. The number of carbonyl (C=O) groups excluding carboxylic acids is 1. The van der Waals surface area contributed by atoms with Gasteiger partial charge in [-0.15, -0.1) is 0 Å². The van der Waals surface area contributed by atoms with E-state index in [4.69, 9.17) is 23.2 Å². The molecule has 2 aromatic heterocycles. The van der Waals surface area contributed by atoms with Crippen LogP contribution in [0.25, 0.3) is 11.1 Å². The van der Waals surface area contributed by atoms with E-state index in [0.717, 1.165) is 36.1 Å². The van der Waals surface area contributed by atoms with E-state index in [1.807, 2.05) is 0 Å².